The molecule has 2 unspecified atom stereocenters. The van der Waals surface area contributed by atoms with E-state index in [0.717, 1.165) is 34.5 Å². The summed E-state index contributed by atoms with van der Waals surface area (Å²) in [5, 5.41) is 13.7. The van der Waals surface area contributed by atoms with Gasteiger partial charge in [0, 0.05) is 61.1 Å². The molecule has 1 saturated heterocycles. The zero-order chi connectivity index (χ0) is 24.9. The fraction of sp³-hybridized carbons (Fsp3) is 0.360. The van der Waals surface area contributed by atoms with Crippen LogP contribution in [0.25, 0.3) is 0 Å². The molecular formula is C25H28N4O5S. The molecule has 10 heteroatoms. The van der Waals surface area contributed by atoms with Gasteiger partial charge >= 0.3 is 5.97 Å². The van der Waals surface area contributed by atoms with Gasteiger partial charge in [0.1, 0.15) is 0 Å². The zero-order valence-corrected chi connectivity index (χ0v) is 20.3. The lowest BCUT2D eigenvalue weighted by molar-refractivity contribution is -0.139. The second-order valence-corrected chi connectivity index (χ2v) is 9.47. The largest absolute Gasteiger partial charge is 0.481 e. The molecule has 4 rings (SSSR count). The molecule has 35 heavy (non-hydrogen) atoms. The van der Waals surface area contributed by atoms with E-state index in [-0.39, 0.29) is 12.3 Å². The summed E-state index contributed by atoms with van der Waals surface area (Å²) in [4.78, 5) is 24.8. The van der Waals surface area contributed by atoms with Crippen molar-refractivity contribution in [3.63, 3.8) is 0 Å². The average Bonchev–Trinajstić information content (AvgIpc) is 2.82. The van der Waals surface area contributed by atoms with E-state index in [1.807, 2.05) is 42.5 Å². The van der Waals surface area contributed by atoms with Crippen molar-refractivity contribution in [2.75, 3.05) is 36.4 Å². The van der Waals surface area contributed by atoms with Crippen LogP contribution in [0.4, 0.5) is 11.4 Å². The van der Waals surface area contributed by atoms with Crippen LogP contribution in [0, 0.1) is 11.8 Å². The van der Waals surface area contributed by atoms with E-state index in [1.54, 1.807) is 11.9 Å². The highest BCUT2D eigenvalue weighted by atomic mass is 32.2. The predicted octanol–water partition coefficient (Wildman–Crippen LogP) is 2.31. The maximum atomic E-state index is 11.8. The third-order valence-electron chi connectivity index (χ3n) is 6.13. The van der Waals surface area contributed by atoms with Gasteiger partial charge in [-0.2, -0.15) is 0 Å². The number of nitrogens with one attached hydrogen (secondary N) is 1. The number of carbonyl (C=O) groups excluding carboxylic acids is 1. The maximum Gasteiger partial charge on any atom is 0.305 e. The lowest BCUT2D eigenvalue weighted by Gasteiger charge is -2.41. The van der Waals surface area contributed by atoms with E-state index < -0.39 is 23.3 Å². The summed E-state index contributed by atoms with van der Waals surface area (Å²) in [6, 6.07) is 13.2. The van der Waals surface area contributed by atoms with Gasteiger partial charge in [-0.1, -0.05) is 17.9 Å². The van der Waals surface area contributed by atoms with Crippen molar-refractivity contribution in [3.05, 3.63) is 59.2 Å². The summed E-state index contributed by atoms with van der Waals surface area (Å²) in [6.45, 7) is 3.92. The highest BCUT2D eigenvalue weighted by molar-refractivity contribution is 7.76. The van der Waals surface area contributed by atoms with Gasteiger partial charge in [-0.05, 0) is 55.3 Å². The van der Waals surface area contributed by atoms with Crippen LogP contribution < -0.4 is 10.2 Å². The highest BCUT2D eigenvalue weighted by Crippen LogP contribution is 2.24. The third kappa shape index (κ3) is 6.26. The summed E-state index contributed by atoms with van der Waals surface area (Å²) in [7, 11) is 0. The number of hydrogen-bond donors (Lipinski definition) is 3. The number of rotatable bonds is 6. The van der Waals surface area contributed by atoms with Crippen molar-refractivity contribution >= 4 is 34.5 Å². The molecule has 184 valence electrons. The number of hydrogen-bond acceptors (Lipinski definition) is 5. The first kappa shape index (κ1) is 24.9. The first-order valence-corrected chi connectivity index (χ1v) is 12.5. The normalized spacial score (nSPS) is 17.7. The van der Waals surface area contributed by atoms with Gasteiger partial charge < -0.3 is 15.3 Å². The minimum atomic E-state index is -2.29. The number of aliphatic carboxylic acids is 1. The first-order valence-electron chi connectivity index (χ1n) is 11.5. The highest BCUT2D eigenvalue weighted by Gasteiger charge is 2.30. The molecule has 2 aliphatic rings. The number of benzene rings is 2. The number of amides is 1. The minimum Gasteiger partial charge on any atom is -0.481 e. The number of carboxylic acids is 1. The van der Waals surface area contributed by atoms with Crippen LogP contribution in [-0.2, 0) is 27.3 Å². The minimum absolute atomic E-state index is 0.0335. The number of carboxylic acid groups (broad SMARTS) is 1. The predicted molar refractivity (Wildman–Crippen MR) is 134 cm³/mol. The standard InChI is InChI=1S/C25H28N4O5S/c1-18(16-25(31)32)29(35(33)34)28-14-12-27(13-15-28)22-9-5-19(6-10-22)2-3-20-4-7-21-8-11-24(30)26-23(21)17-20/h4-7,9-10,17-18H,8,11-16H2,1H3,(H,26,30)(H,31,32)(H,33,34). The van der Waals surface area contributed by atoms with Gasteiger partial charge in [-0.3, -0.25) is 14.1 Å². The van der Waals surface area contributed by atoms with Gasteiger partial charge in [0.05, 0.1) is 6.42 Å². The van der Waals surface area contributed by atoms with Gasteiger partial charge in [-0.25, -0.2) is 9.22 Å². The molecule has 0 aromatic heterocycles. The molecule has 1 fully saturated rings. The maximum absolute atomic E-state index is 11.8. The Morgan fingerprint density at radius 2 is 1.74 bits per heavy atom. The van der Waals surface area contributed by atoms with E-state index in [0.29, 0.717) is 32.6 Å². The molecule has 3 N–H and O–H groups in total. The molecule has 0 bridgehead atoms. The quantitative estimate of drug-likeness (QED) is 0.415. The molecule has 0 spiro atoms. The number of anilines is 2. The van der Waals surface area contributed by atoms with E-state index in [4.69, 9.17) is 5.11 Å². The Kier molecular flexibility index (Phi) is 7.83. The smallest absolute Gasteiger partial charge is 0.305 e. The number of fused-ring (bicyclic) bond motifs is 1. The van der Waals surface area contributed by atoms with Crippen LogP contribution >= 0.6 is 0 Å². The van der Waals surface area contributed by atoms with Crippen LogP contribution in [0.3, 0.4) is 0 Å². The van der Waals surface area contributed by atoms with Crippen molar-refractivity contribution in [1.82, 2.24) is 9.42 Å². The first-order chi connectivity index (χ1) is 16.8. The second-order valence-electron chi connectivity index (χ2n) is 8.64. The average molecular weight is 497 g/mol. The number of aryl methyl sites for hydroxylation is 1. The van der Waals surface area contributed by atoms with Crippen LogP contribution in [0.15, 0.2) is 42.5 Å². The molecular weight excluding hydrogens is 468 g/mol. The van der Waals surface area contributed by atoms with Crippen molar-refractivity contribution in [1.29, 1.82) is 0 Å². The molecule has 0 saturated carbocycles. The molecule has 0 radical (unpaired) electrons. The van der Waals surface area contributed by atoms with Crippen molar-refractivity contribution < 1.29 is 23.5 Å². The third-order valence-corrected chi connectivity index (χ3v) is 7.04. The van der Waals surface area contributed by atoms with Gasteiger partial charge in [-0.15, -0.1) is 4.41 Å². The SMILES string of the molecule is CC(CC(=O)O)N(N1CCN(c2ccc(C#Cc3ccc4c(c3)NC(=O)CC4)cc2)CC1)S(=O)O. The Morgan fingerprint density at radius 1 is 1.09 bits per heavy atom. The molecule has 1 amide bonds. The fourth-order valence-electron chi connectivity index (χ4n) is 4.36. The number of carbonyl (C=O) groups is 2. The Morgan fingerprint density at radius 3 is 2.40 bits per heavy atom. The molecule has 9 nitrogen and oxygen atoms in total. The van der Waals surface area contributed by atoms with Crippen LogP contribution in [0.5, 0.6) is 0 Å². The molecule has 2 aromatic rings. The Labute approximate surface area is 207 Å². The van der Waals surface area contributed by atoms with Crippen LogP contribution in [-0.4, -0.2) is 67.4 Å². The van der Waals surface area contributed by atoms with Crippen LogP contribution in [0.2, 0.25) is 0 Å². The van der Waals surface area contributed by atoms with Crippen molar-refractivity contribution in [3.8, 4) is 11.8 Å². The van der Waals surface area contributed by atoms with Crippen molar-refractivity contribution in [2.45, 2.75) is 32.2 Å². The van der Waals surface area contributed by atoms with E-state index >= 15 is 0 Å². The molecule has 0 aliphatic carbocycles. The van der Waals surface area contributed by atoms with Gasteiger partial charge in [0.25, 0.3) is 0 Å². The van der Waals surface area contributed by atoms with Crippen LogP contribution in [0.1, 0.15) is 36.5 Å². The fourth-order valence-corrected chi connectivity index (χ4v) is 5.11. The lowest BCUT2D eigenvalue weighted by Crippen LogP contribution is -2.57. The Balaban J connectivity index is 1.37. The zero-order valence-electron chi connectivity index (χ0n) is 19.4. The molecule has 2 heterocycles. The van der Waals surface area contributed by atoms with Gasteiger partial charge in [0.15, 0.2) is 0 Å². The van der Waals surface area contributed by atoms with E-state index in [9.17, 15) is 18.4 Å². The number of nitrogens with zero attached hydrogens (tertiary/aromatic N) is 3. The lowest BCUT2D eigenvalue weighted by atomic mass is 10.0. The topological polar surface area (TPSA) is 113 Å². The summed E-state index contributed by atoms with van der Waals surface area (Å²) >= 11 is -2.29. The van der Waals surface area contributed by atoms with Crippen molar-refractivity contribution in [2.24, 2.45) is 0 Å². The summed E-state index contributed by atoms with van der Waals surface area (Å²) < 4.78 is 22.7. The summed E-state index contributed by atoms with van der Waals surface area (Å²) in [6.07, 6.45) is 1.05. The monoisotopic (exact) mass is 496 g/mol. The summed E-state index contributed by atoms with van der Waals surface area (Å²) in [5.41, 5.74) is 4.71. The molecule has 2 aliphatic heterocycles. The van der Waals surface area contributed by atoms with E-state index in [2.05, 4.69) is 22.1 Å². The Bertz CT molecular complexity index is 1180. The van der Waals surface area contributed by atoms with Gasteiger partial charge in [0.2, 0.25) is 17.2 Å². The second kappa shape index (κ2) is 11.0. The number of piperazine rings is 1. The van der Waals surface area contributed by atoms with E-state index in [1.165, 1.54) is 4.41 Å². The number of hydrazine groups is 1. The molecule has 2 atom stereocenters. The Hall–Kier alpha value is -3.23. The summed E-state index contributed by atoms with van der Waals surface area (Å²) in [5.74, 6) is 5.35. The molecule has 2 aromatic carbocycles.